The highest BCUT2D eigenvalue weighted by molar-refractivity contribution is 7.71. The Kier molecular flexibility index (Phi) is 4.57. The lowest BCUT2D eigenvalue weighted by molar-refractivity contribution is 0.0945. The van der Waals surface area contributed by atoms with E-state index in [1.54, 1.807) is 18.3 Å². The molecule has 1 aromatic heterocycles. The highest BCUT2D eigenvalue weighted by Gasteiger charge is 2.32. The van der Waals surface area contributed by atoms with Crippen molar-refractivity contribution >= 4 is 18.1 Å². The molecule has 5 nitrogen and oxygen atoms in total. The monoisotopic (exact) mass is 344 g/mol. The Bertz CT molecular complexity index is 814. The third-order valence-corrected chi connectivity index (χ3v) is 4.10. The third kappa shape index (κ3) is 3.59. The molecule has 0 atom stereocenters. The zero-order valence-corrected chi connectivity index (χ0v) is 14.5. The van der Waals surface area contributed by atoms with Gasteiger partial charge in [-0.2, -0.15) is 0 Å². The Morgan fingerprint density at radius 3 is 3.00 bits per heavy atom. The van der Waals surface area contributed by atoms with Crippen molar-refractivity contribution in [2.45, 2.75) is 25.9 Å². The number of aromatic nitrogens is 1. The average Bonchev–Trinajstić information content (AvgIpc) is 2.86. The number of carbonyl (C=O) groups is 1. The summed E-state index contributed by atoms with van der Waals surface area (Å²) < 4.78 is 12.2. The number of aromatic amines is 1. The molecular formula is C18H20N2O3S. The molecule has 2 aromatic rings. The maximum atomic E-state index is 12.1. The number of fused-ring (bicyclic) bond motifs is 1. The lowest BCUT2D eigenvalue weighted by Gasteiger charge is -2.18. The van der Waals surface area contributed by atoms with E-state index in [4.69, 9.17) is 21.7 Å². The van der Waals surface area contributed by atoms with Crippen molar-refractivity contribution in [3.8, 4) is 11.5 Å². The van der Waals surface area contributed by atoms with Crippen LogP contribution in [0.3, 0.4) is 0 Å². The van der Waals surface area contributed by atoms with Crippen molar-refractivity contribution < 1.29 is 14.3 Å². The number of pyridine rings is 1. The molecule has 1 amide bonds. The summed E-state index contributed by atoms with van der Waals surface area (Å²) in [7, 11) is 0. The molecule has 0 radical (unpaired) electrons. The molecule has 0 unspecified atom stereocenters. The van der Waals surface area contributed by atoms with Crippen LogP contribution in [0, 0.1) is 4.64 Å². The second-order valence-electron chi connectivity index (χ2n) is 6.30. The first kappa shape index (κ1) is 16.5. The van der Waals surface area contributed by atoms with Crippen LogP contribution >= 0.6 is 12.2 Å². The molecule has 0 saturated heterocycles. The molecule has 2 N–H and O–H groups in total. The molecule has 0 spiro atoms. The largest absolute Gasteiger partial charge is 0.488 e. The Balaban J connectivity index is 1.55. The molecule has 0 saturated carbocycles. The molecule has 24 heavy (non-hydrogen) atoms. The van der Waals surface area contributed by atoms with E-state index in [-0.39, 0.29) is 11.5 Å². The highest BCUT2D eigenvalue weighted by atomic mass is 32.1. The van der Waals surface area contributed by atoms with E-state index in [2.05, 4.69) is 30.2 Å². The number of H-pyrrole nitrogens is 1. The summed E-state index contributed by atoms with van der Waals surface area (Å²) in [4.78, 5) is 14.9. The van der Waals surface area contributed by atoms with Gasteiger partial charge in [0.15, 0.2) is 11.5 Å². The van der Waals surface area contributed by atoms with Gasteiger partial charge in [-0.3, -0.25) is 4.79 Å². The van der Waals surface area contributed by atoms with Crippen LogP contribution < -0.4 is 14.8 Å². The van der Waals surface area contributed by atoms with Crippen molar-refractivity contribution in [3.05, 3.63) is 52.3 Å². The van der Waals surface area contributed by atoms with E-state index in [0.29, 0.717) is 29.1 Å². The molecule has 1 aliphatic rings. The van der Waals surface area contributed by atoms with Gasteiger partial charge >= 0.3 is 0 Å². The Morgan fingerprint density at radius 2 is 2.21 bits per heavy atom. The predicted octanol–water partition coefficient (Wildman–Crippen LogP) is 3.27. The topological polar surface area (TPSA) is 63.3 Å². The number of ether oxygens (including phenoxy) is 2. The van der Waals surface area contributed by atoms with Crippen LogP contribution in [0.15, 0.2) is 36.5 Å². The number of hydrogen-bond donors (Lipinski definition) is 2. The summed E-state index contributed by atoms with van der Waals surface area (Å²) in [5.74, 6) is 1.31. The number of hydrogen-bond acceptors (Lipinski definition) is 4. The molecule has 0 fully saturated rings. The number of para-hydroxylation sites is 1. The van der Waals surface area contributed by atoms with E-state index in [1.165, 1.54) is 0 Å². The number of amides is 1. The van der Waals surface area contributed by atoms with Crippen LogP contribution in [0.25, 0.3) is 0 Å². The number of carbonyl (C=O) groups excluding carboxylic acids is 1. The summed E-state index contributed by atoms with van der Waals surface area (Å²) in [6.45, 7) is 4.85. The molecule has 0 bridgehead atoms. The van der Waals surface area contributed by atoms with Crippen molar-refractivity contribution in [2.75, 3.05) is 13.2 Å². The van der Waals surface area contributed by atoms with Crippen molar-refractivity contribution in [2.24, 2.45) is 0 Å². The minimum atomic E-state index is -0.212. The van der Waals surface area contributed by atoms with E-state index in [9.17, 15) is 4.79 Å². The zero-order valence-electron chi connectivity index (χ0n) is 13.7. The lowest BCUT2D eigenvalue weighted by atomic mass is 10.0. The summed E-state index contributed by atoms with van der Waals surface area (Å²) >= 11 is 5.10. The summed E-state index contributed by atoms with van der Waals surface area (Å²) in [6.07, 6.45) is 2.56. The molecule has 126 valence electrons. The van der Waals surface area contributed by atoms with Crippen LogP contribution in [-0.2, 0) is 6.42 Å². The first-order valence-electron chi connectivity index (χ1n) is 7.86. The number of nitrogens with one attached hydrogen (secondary N) is 2. The zero-order chi connectivity index (χ0) is 17.2. The first-order valence-corrected chi connectivity index (χ1v) is 8.27. The van der Waals surface area contributed by atoms with Crippen LogP contribution in [0.5, 0.6) is 11.5 Å². The molecule has 1 aromatic carbocycles. The summed E-state index contributed by atoms with van der Waals surface area (Å²) in [5.41, 5.74) is 1.40. The van der Waals surface area contributed by atoms with Gasteiger partial charge in [-0.25, -0.2) is 0 Å². The lowest BCUT2D eigenvalue weighted by Crippen LogP contribution is -2.28. The maximum absolute atomic E-state index is 12.1. The van der Waals surface area contributed by atoms with Crippen molar-refractivity contribution in [1.82, 2.24) is 10.3 Å². The van der Waals surface area contributed by atoms with Crippen molar-refractivity contribution in [1.29, 1.82) is 0 Å². The summed E-state index contributed by atoms with van der Waals surface area (Å²) in [6, 6.07) is 9.33. The quantitative estimate of drug-likeness (QED) is 0.645. The second kappa shape index (κ2) is 6.65. The number of rotatable bonds is 5. The third-order valence-electron chi connectivity index (χ3n) is 3.76. The minimum absolute atomic E-state index is 0.209. The molecule has 1 aliphatic heterocycles. The highest BCUT2D eigenvalue weighted by Crippen LogP contribution is 2.41. The van der Waals surface area contributed by atoms with Gasteiger partial charge in [-0.05, 0) is 32.0 Å². The van der Waals surface area contributed by atoms with Gasteiger partial charge < -0.3 is 19.8 Å². The normalized spacial score (nSPS) is 14.6. The molecule has 3 rings (SSSR count). The van der Waals surface area contributed by atoms with E-state index < -0.39 is 0 Å². The van der Waals surface area contributed by atoms with Gasteiger partial charge in [0.25, 0.3) is 5.91 Å². The van der Waals surface area contributed by atoms with Crippen LogP contribution in [0.4, 0.5) is 0 Å². The van der Waals surface area contributed by atoms with Crippen molar-refractivity contribution in [3.63, 3.8) is 0 Å². The van der Waals surface area contributed by atoms with Gasteiger partial charge in [0, 0.05) is 18.2 Å². The van der Waals surface area contributed by atoms with Gasteiger partial charge in [0.2, 0.25) is 0 Å². The average molecular weight is 344 g/mol. The first-order chi connectivity index (χ1) is 11.5. The van der Waals surface area contributed by atoms with E-state index in [1.807, 2.05) is 12.1 Å². The molecular weight excluding hydrogens is 324 g/mol. The second-order valence-corrected chi connectivity index (χ2v) is 6.71. The van der Waals surface area contributed by atoms with Gasteiger partial charge in [-0.15, -0.1) is 0 Å². The standard InChI is InChI=1S/C18H20N2O3S/c1-18(2)11-12-5-3-7-14(15(12)23-18)22-10-9-19-16(21)13-6-4-8-20-17(13)24/h3-8H,9-11H2,1-2H3,(H,19,21)(H,20,24). The Hall–Kier alpha value is -2.34. The minimum Gasteiger partial charge on any atom is -0.488 e. The SMILES string of the molecule is CC1(C)Cc2cccc(OCCNC(=O)c3ccc[nH]c3=S)c2O1. The van der Waals surface area contributed by atoms with Gasteiger partial charge in [-0.1, -0.05) is 24.4 Å². The fourth-order valence-corrected chi connectivity index (χ4v) is 2.95. The molecule has 6 heteroatoms. The van der Waals surface area contributed by atoms with Crippen LogP contribution in [0.2, 0.25) is 0 Å². The van der Waals surface area contributed by atoms with E-state index >= 15 is 0 Å². The molecule has 0 aliphatic carbocycles. The maximum Gasteiger partial charge on any atom is 0.254 e. The Labute approximate surface area is 146 Å². The Morgan fingerprint density at radius 1 is 1.38 bits per heavy atom. The van der Waals surface area contributed by atoms with E-state index in [0.717, 1.165) is 17.7 Å². The van der Waals surface area contributed by atoms with Gasteiger partial charge in [0.1, 0.15) is 16.8 Å². The molecule has 2 heterocycles. The number of benzene rings is 1. The van der Waals surface area contributed by atoms with Crippen LogP contribution in [-0.4, -0.2) is 29.6 Å². The fraction of sp³-hybridized carbons (Fsp3) is 0.333. The smallest absolute Gasteiger partial charge is 0.254 e. The van der Waals surface area contributed by atoms with Gasteiger partial charge in [0.05, 0.1) is 12.1 Å². The predicted molar refractivity (Wildman–Crippen MR) is 94.3 cm³/mol. The summed E-state index contributed by atoms with van der Waals surface area (Å²) in [5, 5.41) is 2.80. The van der Waals surface area contributed by atoms with Crippen LogP contribution in [0.1, 0.15) is 29.8 Å². The fourth-order valence-electron chi connectivity index (χ4n) is 2.72.